The van der Waals surface area contributed by atoms with E-state index in [0.717, 1.165) is 11.2 Å². The Balaban J connectivity index is 1.80. The smallest absolute Gasteiger partial charge is 0.178 e. The summed E-state index contributed by atoms with van der Waals surface area (Å²) in [6, 6.07) is 13.7. The van der Waals surface area contributed by atoms with E-state index >= 15 is 0 Å². The van der Waals surface area contributed by atoms with Gasteiger partial charge in [0.2, 0.25) is 0 Å². The zero-order valence-corrected chi connectivity index (χ0v) is 14.2. The summed E-state index contributed by atoms with van der Waals surface area (Å²) < 4.78 is 13.2. The summed E-state index contributed by atoms with van der Waals surface area (Å²) in [6.07, 6.45) is 1.66. The number of phenols is 2. The zero-order chi connectivity index (χ0) is 18.4. The predicted octanol–water partition coefficient (Wildman–Crippen LogP) is 3.27. The molecule has 3 heterocycles. The van der Waals surface area contributed by atoms with Crippen LogP contribution in [-0.4, -0.2) is 38.0 Å². The van der Waals surface area contributed by atoms with Crippen LogP contribution in [0.2, 0.25) is 0 Å². The molecule has 7 heteroatoms. The lowest BCUT2D eigenvalue weighted by Crippen LogP contribution is -2.15. The number of nitrogens with zero attached hydrogens (tertiary/aromatic N) is 3. The molecule has 5 rings (SSSR count). The fourth-order valence-electron chi connectivity index (χ4n) is 3.23. The molecule has 0 spiro atoms. The minimum atomic E-state index is 0.0156. The van der Waals surface area contributed by atoms with Gasteiger partial charge in [-0.15, -0.1) is 0 Å². The molecule has 0 fully saturated rings. The van der Waals surface area contributed by atoms with Crippen molar-refractivity contribution >= 4 is 11.2 Å². The highest BCUT2D eigenvalue weighted by Crippen LogP contribution is 2.38. The Morgan fingerprint density at radius 1 is 0.926 bits per heavy atom. The van der Waals surface area contributed by atoms with E-state index in [9.17, 15) is 10.2 Å². The number of benzene rings is 2. The first kappa shape index (κ1) is 15.5. The number of phenolic OH excluding ortho intramolecular Hbond substituents is 2. The topological polar surface area (TPSA) is 89.6 Å². The zero-order valence-electron chi connectivity index (χ0n) is 14.2. The van der Waals surface area contributed by atoms with E-state index in [1.54, 1.807) is 6.20 Å². The third kappa shape index (κ3) is 2.52. The van der Waals surface area contributed by atoms with Crippen LogP contribution in [0.5, 0.6) is 23.0 Å². The molecule has 7 nitrogen and oxygen atoms in total. The Bertz CT molecular complexity index is 1170. The van der Waals surface area contributed by atoms with Crippen molar-refractivity contribution in [2.45, 2.75) is 0 Å². The number of ether oxygens (including phenoxy) is 2. The van der Waals surface area contributed by atoms with Crippen molar-refractivity contribution in [1.82, 2.24) is 14.5 Å². The number of hydrogen-bond acceptors (Lipinski definition) is 6. The molecule has 2 aromatic carbocycles. The van der Waals surface area contributed by atoms with Gasteiger partial charge in [-0.3, -0.25) is 4.57 Å². The van der Waals surface area contributed by atoms with Gasteiger partial charge < -0.3 is 19.7 Å². The summed E-state index contributed by atoms with van der Waals surface area (Å²) in [5, 5.41) is 20.2. The molecular weight excluding hydrogens is 346 g/mol. The summed E-state index contributed by atoms with van der Waals surface area (Å²) in [4.78, 5) is 8.90. The van der Waals surface area contributed by atoms with E-state index in [2.05, 4.69) is 9.97 Å². The van der Waals surface area contributed by atoms with Crippen LogP contribution in [0.4, 0.5) is 0 Å². The Hall–Kier alpha value is -3.74. The third-order valence-corrected chi connectivity index (χ3v) is 4.44. The molecule has 0 bridgehead atoms. The summed E-state index contributed by atoms with van der Waals surface area (Å²) in [5.74, 6) is 1.86. The van der Waals surface area contributed by atoms with Crippen LogP contribution in [0.3, 0.4) is 0 Å². The molecule has 1 aliphatic rings. The molecule has 0 aliphatic carbocycles. The SMILES string of the molecule is Oc1ccc(O)c(-c2nc3ncccc3n2-c2ccc3c(c2)OCCO3)c1. The number of hydrogen-bond donors (Lipinski definition) is 2. The highest BCUT2D eigenvalue weighted by molar-refractivity contribution is 5.82. The van der Waals surface area contributed by atoms with Gasteiger partial charge in [-0.1, -0.05) is 0 Å². The molecule has 1 aliphatic heterocycles. The molecule has 0 radical (unpaired) electrons. The number of fused-ring (bicyclic) bond motifs is 2. The largest absolute Gasteiger partial charge is 0.508 e. The van der Waals surface area contributed by atoms with Crippen LogP contribution in [0.15, 0.2) is 54.7 Å². The lowest BCUT2D eigenvalue weighted by atomic mass is 10.1. The van der Waals surface area contributed by atoms with Gasteiger partial charge in [0.05, 0.1) is 16.8 Å². The van der Waals surface area contributed by atoms with Gasteiger partial charge in [-0.25, -0.2) is 9.97 Å². The normalized spacial score (nSPS) is 13.0. The van der Waals surface area contributed by atoms with Gasteiger partial charge in [0.15, 0.2) is 23.0 Å². The molecule has 0 saturated carbocycles. The summed E-state index contributed by atoms with van der Waals surface area (Å²) in [6.45, 7) is 1.01. The lowest BCUT2D eigenvalue weighted by molar-refractivity contribution is 0.171. The summed E-state index contributed by atoms with van der Waals surface area (Å²) in [7, 11) is 0. The minimum Gasteiger partial charge on any atom is -0.508 e. The van der Waals surface area contributed by atoms with Gasteiger partial charge in [-0.05, 0) is 42.5 Å². The highest BCUT2D eigenvalue weighted by Gasteiger charge is 2.20. The molecule has 4 aromatic rings. The van der Waals surface area contributed by atoms with Crippen molar-refractivity contribution in [2.75, 3.05) is 13.2 Å². The van der Waals surface area contributed by atoms with Crippen LogP contribution in [0.1, 0.15) is 0 Å². The number of pyridine rings is 1. The Morgan fingerprint density at radius 2 is 1.78 bits per heavy atom. The maximum Gasteiger partial charge on any atom is 0.178 e. The molecule has 0 unspecified atom stereocenters. The fraction of sp³-hybridized carbons (Fsp3) is 0.100. The van der Waals surface area contributed by atoms with Crippen molar-refractivity contribution in [3.05, 3.63) is 54.7 Å². The standard InChI is InChI=1S/C20H15N3O4/c24-13-4-5-16(25)14(11-13)20-22-19-15(2-1-7-21-19)23(20)12-3-6-17-18(10-12)27-9-8-26-17/h1-7,10-11,24-25H,8-9H2. The second-order valence-corrected chi connectivity index (χ2v) is 6.15. The van der Waals surface area contributed by atoms with Crippen LogP contribution >= 0.6 is 0 Å². The maximum absolute atomic E-state index is 10.3. The molecule has 0 atom stereocenters. The first-order chi connectivity index (χ1) is 13.2. The van der Waals surface area contributed by atoms with E-state index in [-0.39, 0.29) is 11.5 Å². The van der Waals surface area contributed by atoms with Gasteiger partial charge >= 0.3 is 0 Å². The number of rotatable bonds is 2. The van der Waals surface area contributed by atoms with Crippen molar-refractivity contribution < 1.29 is 19.7 Å². The second kappa shape index (κ2) is 5.91. The van der Waals surface area contributed by atoms with Crippen molar-refractivity contribution in [3.8, 4) is 40.1 Å². The molecule has 2 aromatic heterocycles. The lowest BCUT2D eigenvalue weighted by Gasteiger charge is -2.19. The van der Waals surface area contributed by atoms with E-state index in [1.807, 2.05) is 34.9 Å². The first-order valence-corrected chi connectivity index (χ1v) is 8.46. The van der Waals surface area contributed by atoms with Gasteiger partial charge in [-0.2, -0.15) is 0 Å². The molecule has 134 valence electrons. The fourth-order valence-corrected chi connectivity index (χ4v) is 3.23. The van der Waals surface area contributed by atoms with Crippen molar-refractivity contribution in [3.63, 3.8) is 0 Å². The monoisotopic (exact) mass is 361 g/mol. The van der Waals surface area contributed by atoms with Crippen LogP contribution in [-0.2, 0) is 0 Å². The summed E-state index contributed by atoms with van der Waals surface area (Å²) in [5.41, 5.74) is 2.49. The predicted molar refractivity (Wildman–Crippen MR) is 98.6 cm³/mol. The number of imidazole rings is 1. The van der Waals surface area contributed by atoms with E-state index in [4.69, 9.17) is 9.47 Å². The summed E-state index contributed by atoms with van der Waals surface area (Å²) >= 11 is 0. The van der Waals surface area contributed by atoms with E-state index in [0.29, 0.717) is 41.7 Å². The van der Waals surface area contributed by atoms with Gasteiger partial charge in [0.25, 0.3) is 0 Å². The van der Waals surface area contributed by atoms with Crippen LogP contribution < -0.4 is 9.47 Å². The van der Waals surface area contributed by atoms with Crippen molar-refractivity contribution in [2.24, 2.45) is 0 Å². The molecular formula is C20H15N3O4. The molecule has 27 heavy (non-hydrogen) atoms. The van der Waals surface area contributed by atoms with E-state index in [1.165, 1.54) is 18.2 Å². The van der Waals surface area contributed by atoms with Crippen LogP contribution in [0.25, 0.3) is 28.2 Å². The Kier molecular flexibility index (Phi) is 3.39. The molecule has 0 saturated heterocycles. The van der Waals surface area contributed by atoms with Gasteiger partial charge in [0, 0.05) is 12.3 Å². The molecule has 0 amide bonds. The second-order valence-electron chi connectivity index (χ2n) is 6.15. The van der Waals surface area contributed by atoms with Crippen LogP contribution in [0, 0.1) is 0 Å². The van der Waals surface area contributed by atoms with Gasteiger partial charge in [0.1, 0.15) is 24.7 Å². The average molecular weight is 361 g/mol. The minimum absolute atomic E-state index is 0.0156. The Labute approximate surface area is 154 Å². The molecule has 2 N–H and O–H groups in total. The highest BCUT2D eigenvalue weighted by atomic mass is 16.6. The maximum atomic E-state index is 10.3. The quantitative estimate of drug-likeness (QED) is 0.533. The first-order valence-electron chi connectivity index (χ1n) is 8.46. The number of aromatic hydroxyl groups is 2. The number of aromatic nitrogens is 3. The van der Waals surface area contributed by atoms with E-state index < -0.39 is 0 Å². The third-order valence-electron chi connectivity index (χ3n) is 4.44. The van der Waals surface area contributed by atoms with Crippen molar-refractivity contribution in [1.29, 1.82) is 0 Å². The average Bonchev–Trinajstić information content (AvgIpc) is 3.08. The Morgan fingerprint density at radius 3 is 2.67 bits per heavy atom.